The van der Waals surface area contributed by atoms with Gasteiger partial charge in [-0.25, -0.2) is 0 Å². The SMILES string of the molecule is CC(C)(C)OC(=O)CCC1CCN(CCC2CCN(c3ccc(C(=O)N[C@H]4CC[C@H](Oc5ccc(C#N)c(Cl)c5)CC4)nn3)CC2)CC1. The Bertz CT molecular complexity index is 1400. The van der Waals surface area contributed by atoms with Crippen molar-refractivity contribution in [3.05, 3.63) is 46.6 Å². The van der Waals surface area contributed by atoms with E-state index in [2.05, 4.69) is 31.4 Å². The first-order valence-electron chi connectivity index (χ1n) is 17.7. The van der Waals surface area contributed by atoms with Gasteiger partial charge in [0.15, 0.2) is 11.5 Å². The van der Waals surface area contributed by atoms with Crippen LogP contribution in [0.5, 0.6) is 5.75 Å². The van der Waals surface area contributed by atoms with Crippen molar-refractivity contribution < 1.29 is 19.1 Å². The highest BCUT2D eigenvalue weighted by Crippen LogP contribution is 2.29. The Labute approximate surface area is 290 Å². The molecule has 48 heavy (non-hydrogen) atoms. The quantitative estimate of drug-likeness (QED) is 0.263. The largest absolute Gasteiger partial charge is 0.490 e. The number of piperidine rings is 2. The zero-order chi connectivity index (χ0) is 34.1. The molecule has 1 aliphatic carbocycles. The molecule has 1 aromatic heterocycles. The molecule has 0 atom stereocenters. The van der Waals surface area contributed by atoms with Crippen molar-refractivity contribution in [1.82, 2.24) is 20.4 Å². The number of amides is 1. The molecule has 1 amide bonds. The van der Waals surface area contributed by atoms with E-state index < -0.39 is 5.60 Å². The Hall–Kier alpha value is -3.42. The molecule has 0 spiro atoms. The Morgan fingerprint density at radius 2 is 1.62 bits per heavy atom. The Morgan fingerprint density at radius 1 is 0.938 bits per heavy atom. The molecule has 1 N–H and O–H groups in total. The molecule has 0 bridgehead atoms. The summed E-state index contributed by atoms with van der Waals surface area (Å²) in [5.41, 5.74) is 0.367. The first-order valence-corrected chi connectivity index (χ1v) is 18.1. The standard InChI is InChI=1S/C37H51ClN6O4/c1-37(2,3)48-35(45)13-4-26-14-19-43(20-15-26)21-16-27-17-22-44(23-18-27)34-12-11-33(41-42-34)36(46)40-29-6-9-30(10-7-29)47-31-8-5-28(25-39)32(38)24-31/h5,8,11-12,24,26-27,29-30H,4,6-7,9-10,13-23H2,1-3H3,(H,40,46)/t29-,30-. The summed E-state index contributed by atoms with van der Waals surface area (Å²) in [6.07, 6.45) is 10.6. The third kappa shape index (κ3) is 10.8. The molecule has 0 unspecified atom stereocenters. The van der Waals surface area contributed by atoms with Crippen LogP contribution in [0.2, 0.25) is 5.02 Å². The zero-order valence-electron chi connectivity index (χ0n) is 28.8. The number of rotatable bonds is 11. The minimum Gasteiger partial charge on any atom is -0.490 e. The molecule has 5 rings (SSSR count). The third-order valence-electron chi connectivity index (χ3n) is 9.93. The first-order chi connectivity index (χ1) is 23.0. The lowest BCUT2D eigenvalue weighted by atomic mass is 9.90. The van der Waals surface area contributed by atoms with Gasteiger partial charge < -0.3 is 24.6 Å². The van der Waals surface area contributed by atoms with Gasteiger partial charge in [0.05, 0.1) is 16.7 Å². The molecule has 3 fully saturated rings. The molecule has 2 aromatic rings. The van der Waals surface area contributed by atoms with Gasteiger partial charge in [-0.3, -0.25) is 9.59 Å². The Kier molecular flexibility index (Phi) is 12.6. The summed E-state index contributed by atoms with van der Waals surface area (Å²) in [5, 5.41) is 21.3. The van der Waals surface area contributed by atoms with Crippen LogP contribution in [-0.2, 0) is 9.53 Å². The second kappa shape index (κ2) is 16.8. The smallest absolute Gasteiger partial charge is 0.306 e. The van der Waals surface area contributed by atoms with Gasteiger partial charge in [-0.2, -0.15) is 5.26 Å². The van der Waals surface area contributed by atoms with Gasteiger partial charge in [0.1, 0.15) is 17.4 Å². The van der Waals surface area contributed by atoms with Crippen LogP contribution in [-0.4, -0.2) is 77.4 Å². The lowest BCUT2D eigenvalue weighted by molar-refractivity contribution is -0.155. The number of carbonyl (C=O) groups is 2. The monoisotopic (exact) mass is 678 g/mol. The van der Waals surface area contributed by atoms with Gasteiger partial charge in [0.2, 0.25) is 0 Å². The highest BCUT2D eigenvalue weighted by atomic mass is 35.5. The lowest BCUT2D eigenvalue weighted by Gasteiger charge is -2.35. The number of nitrogens with one attached hydrogen (secondary N) is 1. The third-order valence-corrected chi connectivity index (χ3v) is 10.2. The lowest BCUT2D eigenvalue weighted by Crippen LogP contribution is -2.40. The van der Waals surface area contributed by atoms with Gasteiger partial charge in [0.25, 0.3) is 5.91 Å². The second-order valence-electron chi connectivity index (χ2n) is 14.7. The average molecular weight is 679 g/mol. The fourth-order valence-electron chi connectivity index (χ4n) is 7.08. The van der Waals surface area contributed by atoms with Crippen molar-refractivity contribution in [2.24, 2.45) is 11.8 Å². The Balaban J connectivity index is 0.954. The Morgan fingerprint density at radius 3 is 2.25 bits per heavy atom. The van der Waals surface area contributed by atoms with Crippen molar-refractivity contribution in [1.29, 1.82) is 5.26 Å². The maximum Gasteiger partial charge on any atom is 0.306 e. The summed E-state index contributed by atoms with van der Waals surface area (Å²) in [5.74, 6) is 2.56. The van der Waals surface area contributed by atoms with Crippen LogP contribution in [0.4, 0.5) is 5.82 Å². The molecule has 1 saturated carbocycles. The minimum atomic E-state index is -0.405. The molecular weight excluding hydrogens is 628 g/mol. The number of esters is 1. The number of hydrogen-bond donors (Lipinski definition) is 1. The van der Waals surface area contributed by atoms with Crippen molar-refractivity contribution >= 4 is 29.3 Å². The van der Waals surface area contributed by atoms with E-state index >= 15 is 0 Å². The highest BCUT2D eigenvalue weighted by Gasteiger charge is 2.27. The van der Waals surface area contributed by atoms with Gasteiger partial charge >= 0.3 is 5.97 Å². The number of halogens is 1. The topological polar surface area (TPSA) is 121 Å². The molecule has 1 aromatic carbocycles. The van der Waals surface area contributed by atoms with Crippen LogP contribution >= 0.6 is 11.6 Å². The first kappa shape index (κ1) is 35.9. The van der Waals surface area contributed by atoms with E-state index in [9.17, 15) is 9.59 Å². The maximum absolute atomic E-state index is 12.9. The van der Waals surface area contributed by atoms with Crippen LogP contribution in [0.1, 0.15) is 107 Å². The summed E-state index contributed by atoms with van der Waals surface area (Å²) in [6.45, 7) is 11.1. The fraction of sp³-hybridized carbons (Fsp3) is 0.649. The van der Waals surface area contributed by atoms with E-state index in [1.54, 1.807) is 24.3 Å². The number of hydrogen-bond acceptors (Lipinski definition) is 9. The summed E-state index contributed by atoms with van der Waals surface area (Å²) in [6, 6.07) is 11.0. The number of likely N-dealkylation sites (tertiary alicyclic amines) is 1. The minimum absolute atomic E-state index is 0.0476. The van der Waals surface area contributed by atoms with Gasteiger partial charge in [-0.15, -0.1) is 10.2 Å². The van der Waals surface area contributed by atoms with Gasteiger partial charge in [0, 0.05) is 31.6 Å². The molecule has 11 heteroatoms. The van der Waals surface area contributed by atoms with Crippen molar-refractivity contribution in [3.63, 3.8) is 0 Å². The molecule has 10 nitrogen and oxygen atoms in total. The molecule has 3 heterocycles. The predicted molar refractivity (Wildman–Crippen MR) is 186 cm³/mol. The van der Waals surface area contributed by atoms with E-state index in [1.807, 2.05) is 26.8 Å². The van der Waals surface area contributed by atoms with E-state index in [4.69, 9.17) is 26.3 Å². The number of anilines is 1. The number of carbonyl (C=O) groups excluding carboxylic acids is 2. The number of aromatic nitrogens is 2. The molecule has 260 valence electrons. The van der Waals surface area contributed by atoms with Crippen LogP contribution in [0, 0.1) is 23.2 Å². The van der Waals surface area contributed by atoms with Gasteiger partial charge in [-0.05, 0) is 141 Å². The fourth-order valence-corrected chi connectivity index (χ4v) is 7.29. The molecular formula is C37H51ClN6O4. The van der Waals surface area contributed by atoms with E-state index in [1.165, 1.54) is 19.3 Å². The summed E-state index contributed by atoms with van der Waals surface area (Å²) in [7, 11) is 0. The summed E-state index contributed by atoms with van der Waals surface area (Å²) >= 11 is 6.13. The molecule has 2 saturated heterocycles. The predicted octanol–water partition coefficient (Wildman–Crippen LogP) is 6.56. The van der Waals surface area contributed by atoms with Gasteiger partial charge in [-0.1, -0.05) is 11.6 Å². The highest BCUT2D eigenvalue weighted by molar-refractivity contribution is 6.31. The zero-order valence-corrected chi connectivity index (χ0v) is 29.5. The molecule has 2 aliphatic heterocycles. The molecule has 3 aliphatic rings. The molecule has 0 radical (unpaired) electrons. The van der Waals surface area contributed by atoms with E-state index in [0.29, 0.717) is 40.3 Å². The van der Waals surface area contributed by atoms with Crippen LogP contribution < -0.4 is 15.0 Å². The number of nitriles is 1. The summed E-state index contributed by atoms with van der Waals surface area (Å²) in [4.78, 5) is 29.9. The second-order valence-corrected chi connectivity index (χ2v) is 15.1. The van der Waals surface area contributed by atoms with Crippen molar-refractivity contribution in [2.45, 2.75) is 109 Å². The average Bonchev–Trinajstić information content (AvgIpc) is 3.07. The number of nitrogens with zero attached hydrogens (tertiary/aromatic N) is 5. The van der Waals surface area contributed by atoms with Crippen LogP contribution in [0.15, 0.2) is 30.3 Å². The number of ether oxygens (including phenoxy) is 2. The number of benzene rings is 1. The summed E-state index contributed by atoms with van der Waals surface area (Å²) < 4.78 is 11.5. The van der Waals surface area contributed by atoms with Crippen molar-refractivity contribution in [2.75, 3.05) is 37.6 Å². The van der Waals surface area contributed by atoms with Crippen LogP contribution in [0.3, 0.4) is 0 Å². The maximum atomic E-state index is 12.9. The normalized spacial score (nSPS) is 21.4. The van der Waals surface area contributed by atoms with Crippen LogP contribution in [0.25, 0.3) is 0 Å². The van der Waals surface area contributed by atoms with E-state index in [0.717, 1.165) is 83.5 Å². The van der Waals surface area contributed by atoms with Crippen molar-refractivity contribution in [3.8, 4) is 11.8 Å². The van der Waals surface area contributed by atoms with E-state index in [-0.39, 0.29) is 24.0 Å².